The number of carbonyl (C=O) groups excluding carboxylic acids is 1. The van der Waals surface area contributed by atoms with Crippen molar-refractivity contribution >= 4 is 11.6 Å². The second-order valence-corrected chi connectivity index (χ2v) is 4.24. The number of hydrogen-bond donors (Lipinski definition) is 2. The third-order valence-electron chi connectivity index (χ3n) is 2.55. The normalized spacial score (nSPS) is 12.0. The van der Waals surface area contributed by atoms with Crippen LogP contribution in [-0.4, -0.2) is 19.0 Å². The van der Waals surface area contributed by atoms with Crippen molar-refractivity contribution in [3.63, 3.8) is 0 Å². The van der Waals surface area contributed by atoms with Crippen LogP contribution in [0, 0.1) is 13.8 Å². The molecular weight excluding hydrogens is 200 g/mol. The van der Waals surface area contributed by atoms with E-state index in [0.29, 0.717) is 6.42 Å². The predicted octanol–water partition coefficient (Wildman–Crippen LogP) is 2.24. The molecule has 0 radical (unpaired) electrons. The lowest BCUT2D eigenvalue weighted by Gasteiger charge is -2.16. The van der Waals surface area contributed by atoms with Crippen LogP contribution >= 0.6 is 0 Å². The maximum absolute atomic E-state index is 11.2. The van der Waals surface area contributed by atoms with E-state index < -0.39 is 0 Å². The first-order valence-electron chi connectivity index (χ1n) is 5.57. The van der Waals surface area contributed by atoms with E-state index in [1.807, 2.05) is 6.92 Å². The number of nitrogens with one attached hydrogen (secondary N) is 2. The largest absolute Gasteiger partial charge is 0.382 e. The van der Waals surface area contributed by atoms with Crippen molar-refractivity contribution in [1.82, 2.24) is 5.32 Å². The van der Waals surface area contributed by atoms with Gasteiger partial charge in [-0.2, -0.15) is 0 Å². The Hall–Kier alpha value is -1.51. The number of anilines is 1. The fraction of sp³-hybridized carbons (Fsp3) is 0.462. The molecule has 2 N–H and O–H groups in total. The van der Waals surface area contributed by atoms with E-state index in [0.717, 1.165) is 5.69 Å². The van der Waals surface area contributed by atoms with Crippen molar-refractivity contribution in [3.8, 4) is 0 Å². The quantitative estimate of drug-likeness (QED) is 0.817. The number of amides is 1. The Morgan fingerprint density at radius 2 is 2.06 bits per heavy atom. The van der Waals surface area contributed by atoms with Gasteiger partial charge in [-0.3, -0.25) is 4.79 Å². The topological polar surface area (TPSA) is 41.1 Å². The van der Waals surface area contributed by atoms with E-state index >= 15 is 0 Å². The molecule has 16 heavy (non-hydrogen) atoms. The summed E-state index contributed by atoms with van der Waals surface area (Å²) in [5.74, 6) is 0.0600. The Bertz CT molecular complexity index is 374. The highest BCUT2D eigenvalue weighted by molar-refractivity contribution is 5.76. The maximum atomic E-state index is 11.2. The van der Waals surface area contributed by atoms with Gasteiger partial charge < -0.3 is 10.6 Å². The van der Waals surface area contributed by atoms with Crippen LogP contribution in [0.1, 0.15) is 24.5 Å². The molecule has 88 valence electrons. The van der Waals surface area contributed by atoms with Gasteiger partial charge in [0, 0.05) is 25.2 Å². The van der Waals surface area contributed by atoms with Crippen molar-refractivity contribution in [1.29, 1.82) is 0 Å². The molecule has 0 unspecified atom stereocenters. The monoisotopic (exact) mass is 220 g/mol. The number of carbonyl (C=O) groups is 1. The van der Waals surface area contributed by atoms with Crippen LogP contribution in [0.5, 0.6) is 0 Å². The Balaban J connectivity index is 2.62. The highest BCUT2D eigenvalue weighted by atomic mass is 16.1. The number of rotatable bonds is 4. The zero-order valence-electron chi connectivity index (χ0n) is 10.4. The summed E-state index contributed by atoms with van der Waals surface area (Å²) in [5, 5.41) is 5.97. The Morgan fingerprint density at radius 3 is 2.62 bits per heavy atom. The van der Waals surface area contributed by atoms with Crippen molar-refractivity contribution in [3.05, 3.63) is 29.3 Å². The summed E-state index contributed by atoms with van der Waals surface area (Å²) in [6.07, 6.45) is 0.490. The Morgan fingerprint density at radius 1 is 1.38 bits per heavy atom. The average molecular weight is 220 g/mol. The molecule has 0 aliphatic rings. The van der Waals surface area contributed by atoms with E-state index in [1.165, 1.54) is 11.1 Å². The summed E-state index contributed by atoms with van der Waals surface area (Å²) in [6, 6.07) is 6.41. The predicted molar refractivity (Wildman–Crippen MR) is 67.7 cm³/mol. The minimum absolute atomic E-state index is 0.0600. The van der Waals surface area contributed by atoms with Crippen LogP contribution in [0.2, 0.25) is 0 Å². The molecule has 0 aromatic heterocycles. The first-order chi connectivity index (χ1) is 7.52. The third-order valence-corrected chi connectivity index (χ3v) is 2.55. The zero-order valence-corrected chi connectivity index (χ0v) is 10.4. The van der Waals surface area contributed by atoms with E-state index in [2.05, 4.69) is 42.7 Å². The van der Waals surface area contributed by atoms with Gasteiger partial charge in [0.2, 0.25) is 5.91 Å². The van der Waals surface area contributed by atoms with Gasteiger partial charge in [0.05, 0.1) is 0 Å². The SMILES string of the molecule is CNC(=O)C[C@H](C)Nc1ccc(C)cc1C. The summed E-state index contributed by atoms with van der Waals surface area (Å²) in [5.41, 5.74) is 3.56. The molecule has 3 heteroatoms. The molecule has 0 bridgehead atoms. The number of benzene rings is 1. The summed E-state index contributed by atoms with van der Waals surface area (Å²) in [6.45, 7) is 6.15. The first-order valence-corrected chi connectivity index (χ1v) is 5.57. The van der Waals surface area contributed by atoms with Crippen LogP contribution < -0.4 is 10.6 Å². The molecule has 0 spiro atoms. The van der Waals surface area contributed by atoms with Gasteiger partial charge in [-0.05, 0) is 32.4 Å². The van der Waals surface area contributed by atoms with E-state index in [-0.39, 0.29) is 11.9 Å². The van der Waals surface area contributed by atoms with Crippen LogP contribution in [0.15, 0.2) is 18.2 Å². The molecule has 1 amide bonds. The van der Waals surface area contributed by atoms with Gasteiger partial charge in [-0.15, -0.1) is 0 Å². The average Bonchev–Trinajstić information content (AvgIpc) is 2.22. The molecule has 0 aliphatic heterocycles. The molecule has 0 heterocycles. The fourth-order valence-electron chi connectivity index (χ4n) is 1.67. The molecular formula is C13H20N2O. The maximum Gasteiger partial charge on any atom is 0.221 e. The smallest absolute Gasteiger partial charge is 0.221 e. The van der Waals surface area contributed by atoms with Gasteiger partial charge in [-0.1, -0.05) is 17.7 Å². The van der Waals surface area contributed by atoms with E-state index in [4.69, 9.17) is 0 Å². The molecule has 0 aliphatic carbocycles. The summed E-state index contributed by atoms with van der Waals surface area (Å²) in [7, 11) is 1.66. The van der Waals surface area contributed by atoms with Crippen molar-refractivity contribution in [2.24, 2.45) is 0 Å². The molecule has 1 rings (SSSR count). The lowest BCUT2D eigenvalue weighted by Crippen LogP contribution is -2.26. The van der Waals surface area contributed by atoms with Crippen LogP contribution in [-0.2, 0) is 4.79 Å². The van der Waals surface area contributed by atoms with Gasteiger partial charge in [0.1, 0.15) is 0 Å². The van der Waals surface area contributed by atoms with Crippen molar-refractivity contribution in [2.45, 2.75) is 33.2 Å². The van der Waals surface area contributed by atoms with E-state index in [1.54, 1.807) is 7.05 Å². The van der Waals surface area contributed by atoms with Gasteiger partial charge in [0.25, 0.3) is 0 Å². The van der Waals surface area contributed by atoms with Crippen LogP contribution in [0.25, 0.3) is 0 Å². The number of hydrogen-bond acceptors (Lipinski definition) is 2. The lowest BCUT2D eigenvalue weighted by molar-refractivity contribution is -0.120. The van der Waals surface area contributed by atoms with Crippen molar-refractivity contribution < 1.29 is 4.79 Å². The molecule has 0 saturated carbocycles. The fourth-order valence-corrected chi connectivity index (χ4v) is 1.67. The van der Waals surface area contributed by atoms with Crippen LogP contribution in [0.3, 0.4) is 0 Å². The van der Waals surface area contributed by atoms with Crippen LogP contribution in [0.4, 0.5) is 5.69 Å². The highest BCUT2D eigenvalue weighted by Gasteiger charge is 2.08. The second-order valence-electron chi connectivity index (χ2n) is 4.24. The number of aryl methyl sites for hydroxylation is 2. The molecule has 1 aromatic carbocycles. The van der Waals surface area contributed by atoms with Gasteiger partial charge in [0.15, 0.2) is 0 Å². The summed E-state index contributed by atoms with van der Waals surface area (Å²) >= 11 is 0. The minimum Gasteiger partial charge on any atom is -0.382 e. The summed E-state index contributed by atoms with van der Waals surface area (Å²) in [4.78, 5) is 11.2. The van der Waals surface area contributed by atoms with Gasteiger partial charge in [-0.25, -0.2) is 0 Å². The molecule has 0 fully saturated rings. The highest BCUT2D eigenvalue weighted by Crippen LogP contribution is 2.17. The van der Waals surface area contributed by atoms with Crippen molar-refractivity contribution in [2.75, 3.05) is 12.4 Å². The molecule has 0 saturated heterocycles. The molecule has 1 aromatic rings. The Labute approximate surface area is 97.2 Å². The molecule has 3 nitrogen and oxygen atoms in total. The standard InChI is InChI=1S/C13H20N2O/c1-9-5-6-12(10(2)7-9)15-11(3)8-13(16)14-4/h5-7,11,15H,8H2,1-4H3,(H,14,16)/t11-/m0/s1. The summed E-state index contributed by atoms with van der Waals surface area (Å²) < 4.78 is 0. The Kier molecular flexibility index (Phi) is 4.35. The zero-order chi connectivity index (χ0) is 12.1. The van der Waals surface area contributed by atoms with Gasteiger partial charge >= 0.3 is 0 Å². The third kappa shape index (κ3) is 3.57. The van der Waals surface area contributed by atoms with E-state index in [9.17, 15) is 4.79 Å². The minimum atomic E-state index is 0.0600. The molecule has 1 atom stereocenters. The first kappa shape index (κ1) is 12.6. The second kappa shape index (κ2) is 5.54. The lowest BCUT2D eigenvalue weighted by atomic mass is 10.1.